The van der Waals surface area contributed by atoms with Crippen LogP contribution in [0.2, 0.25) is 0 Å². The maximum Gasteiger partial charge on any atom is 0.332 e. The molecule has 12 heavy (non-hydrogen) atoms. The van der Waals surface area contributed by atoms with E-state index in [2.05, 4.69) is 11.3 Å². The van der Waals surface area contributed by atoms with E-state index in [1.54, 1.807) is 6.08 Å². The van der Waals surface area contributed by atoms with E-state index in [-0.39, 0.29) is 6.79 Å². The summed E-state index contributed by atoms with van der Waals surface area (Å²) in [6.45, 7) is 3.50. The molecule has 0 saturated heterocycles. The van der Waals surface area contributed by atoms with Crippen molar-refractivity contribution in [3.05, 3.63) is 12.7 Å². The lowest BCUT2D eigenvalue weighted by molar-refractivity contribution is -0.159. The molecule has 0 saturated carbocycles. The smallest absolute Gasteiger partial charge is 0.332 e. The minimum Gasteiger partial charge on any atom is -0.479 e. The highest BCUT2D eigenvalue weighted by molar-refractivity contribution is 5.72. The molecule has 0 aliphatic rings. The molecule has 1 N–H and O–H groups in total. The van der Waals surface area contributed by atoms with E-state index in [4.69, 9.17) is 9.84 Å². The van der Waals surface area contributed by atoms with Crippen LogP contribution in [0, 0.1) is 0 Å². The zero-order valence-electron chi connectivity index (χ0n) is 7.16. The Balaban J connectivity index is 3.69. The molecule has 0 radical (unpaired) electrons. The van der Waals surface area contributed by atoms with Gasteiger partial charge in [-0.05, 0) is 12.8 Å². The molecule has 1 atom stereocenters. The van der Waals surface area contributed by atoms with Gasteiger partial charge in [-0.1, -0.05) is 6.08 Å². The molecule has 0 amide bonds. The Morgan fingerprint density at radius 3 is 2.83 bits per heavy atom. The van der Waals surface area contributed by atoms with Crippen LogP contribution in [0.3, 0.4) is 0 Å². The number of carboxylic acid groups (broad SMARTS) is 1. The normalized spacial score (nSPS) is 12.4. The summed E-state index contributed by atoms with van der Waals surface area (Å²) in [6, 6.07) is 0. The van der Waals surface area contributed by atoms with E-state index in [0.29, 0.717) is 12.8 Å². The molecule has 0 aliphatic heterocycles. The van der Waals surface area contributed by atoms with Crippen LogP contribution >= 0.6 is 0 Å². The zero-order valence-corrected chi connectivity index (χ0v) is 7.16. The highest BCUT2D eigenvalue weighted by atomic mass is 16.7. The van der Waals surface area contributed by atoms with E-state index >= 15 is 0 Å². The molecular weight excluding hydrogens is 160 g/mol. The van der Waals surface area contributed by atoms with Crippen LogP contribution in [0.5, 0.6) is 0 Å². The number of rotatable bonds is 7. The first-order valence-electron chi connectivity index (χ1n) is 3.66. The van der Waals surface area contributed by atoms with Gasteiger partial charge in [0.15, 0.2) is 6.10 Å². The van der Waals surface area contributed by atoms with Crippen LogP contribution < -0.4 is 0 Å². The SMILES string of the molecule is C=CCC[C@H](OCOC)C(=O)O. The average Bonchev–Trinajstić information content (AvgIpc) is 2.04. The highest BCUT2D eigenvalue weighted by Gasteiger charge is 2.16. The molecule has 0 unspecified atom stereocenters. The summed E-state index contributed by atoms with van der Waals surface area (Å²) >= 11 is 0. The predicted molar refractivity (Wildman–Crippen MR) is 43.8 cm³/mol. The van der Waals surface area contributed by atoms with Gasteiger partial charge in [0.25, 0.3) is 0 Å². The fourth-order valence-corrected chi connectivity index (χ4v) is 0.697. The minimum atomic E-state index is -0.964. The average molecular weight is 174 g/mol. The molecule has 70 valence electrons. The van der Waals surface area contributed by atoms with Gasteiger partial charge in [-0.2, -0.15) is 0 Å². The molecule has 0 aromatic carbocycles. The van der Waals surface area contributed by atoms with E-state index in [9.17, 15) is 4.79 Å². The fourth-order valence-electron chi connectivity index (χ4n) is 0.697. The molecule has 0 bridgehead atoms. The number of hydrogen-bond donors (Lipinski definition) is 1. The third-order valence-electron chi connectivity index (χ3n) is 1.30. The van der Waals surface area contributed by atoms with Crippen LogP contribution in [-0.4, -0.2) is 31.1 Å². The third kappa shape index (κ3) is 4.87. The summed E-state index contributed by atoms with van der Waals surface area (Å²) < 4.78 is 9.48. The van der Waals surface area contributed by atoms with Crippen molar-refractivity contribution < 1.29 is 19.4 Å². The van der Waals surface area contributed by atoms with Crippen molar-refractivity contribution in [2.24, 2.45) is 0 Å². The van der Waals surface area contributed by atoms with Crippen LogP contribution in [0.25, 0.3) is 0 Å². The number of hydrogen-bond acceptors (Lipinski definition) is 3. The second-order valence-corrected chi connectivity index (χ2v) is 2.27. The summed E-state index contributed by atoms with van der Waals surface area (Å²) in [7, 11) is 1.45. The topological polar surface area (TPSA) is 55.8 Å². The zero-order chi connectivity index (χ0) is 9.40. The summed E-state index contributed by atoms with van der Waals surface area (Å²) in [6.07, 6.45) is 1.93. The lowest BCUT2D eigenvalue weighted by Gasteiger charge is -2.10. The van der Waals surface area contributed by atoms with Crippen LogP contribution in [0.4, 0.5) is 0 Å². The molecule has 0 fully saturated rings. The van der Waals surface area contributed by atoms with E-state index in [1.165, 1.54) is 7.11 Å². The Bertz CT molecular complexity index is 144. The molecule has 0 aliphatic carbocycles. The van der Waals surface area contributed by atoms with Crippen molar-refractivity contribution in [2.75, 3.05) is 13.9 Å². The molecular formula is C8H14O4. The Morgan fingerprint density at radius 2 is 2.42 bits per heavy atom. The van der Waals surface area contributed by atoms with Crippen LogP contribution in [0.1, 0.15) is 12.8 Å². The summed E-state index contributed by atoms with van der Waals surface area (Å²) in [5.74, 6) is -0.964. The monoisotopic (exact) mass is 174 g/mol. The van der Waals surface area contributed by atoms with E-state index in [0.717, 1.165) is 0 Å². The number of aliphatic carboxylic acids is 1. The van der Waals surface area contributed by atoms with Gasteiger partial charge >= 0.3 is 5.97 Å². The maximum atomic E-state index is 10.5. The summed E-state index contributed by atoms with van der Waals surface area (Å²) in [5.41, 5.74) is 0. The number of allylic oxidation sites excluding steroid dienone is 1. The second-order valence-electron chi connectivity index (χ2n) is 2.27. The number of carbonyl (C=O) groups is 1. The standard InChI is InChI=1S/C8H14O4/c1-3-4-5-7(8(9)10)12-6-11-2/h3,7H,1,4-6H2,2H3,(H,9,10)/t7-/m0/s1. The van der Waals surface area contributed by atoms with Crippen molar-refractivity contribution in [1.82, 2.24) is 0 Å². The molecule has 4 nitrogen and oxygen atoms in total. The number of ether oxygens (including phenoxy) is 2. The lowest BCUT2D eigenvalue weighted by atomic mass is 10.2. The molecule has 0 spiro atoms. The lowest BCUT2D eigenvalue weighted by Crippen LogP contribution is -2.24. The number of methoxy groups -OCH3 is 1. The van der Waals surface area contributed by atoms with Gasteiger partial charge < -0.3 is 14.6 Å². The van der Waals surface area contributed by atoms with Gasteiger partial charge in [0, 0.05) is 7.11 Å². The van der Waals surface area contributed by atoms with Crippen molar-refractivity contribution >= 4 is 5.97 Å². The molecule has 0 rings (SSSR count). The van der Waals surface area contributed by atoms with Crippen molar-refractivity contribution in [3.63, 3.8) is 0 Å². The quantitative estimate of drug-likeness (QED) is 0.462. The van der Waals surface area contributed by atoms with E-state index in [1.807, 2.05) is 0 Å². The second kappa shape index (κ2) is 6.82. The Morgan fingerprint density at radius 1 is 1.75 bits per heavy atom. The Labute approximate surface area is 71.8 Å². The van der Waals surface area contributed by atoms with Crippen molar-refractivity contribution in [1.29, 1.82) is 0 Å². The number of carboxylic acids is 1. The van der Waals surface area contributed by atoms with Gasteiger partial charge in [-0.25, -0.2) is 4.79 Å². The van der Waals surface area contributed by atoms with Crippen LogP contribution in [-0.2, 0) is 14.3 Å². The van der Waals surface area contributed by atoms with Gasteiger partial charge in [-0.15, -0.1) is 6.58 Å². The van der Waals surface area contributed by atoms with Crippen molar-refractivity contribution in [3.8, 4) is 0 Å². The van der Waals surface area contributed by atoms with Gasteiger partial charge in [0.2, 0.25) is 0 Å². The van der Waals surface area contributed by atoms with Crippen LogP contribution in [0.15, 0.2) is 12.7 Å². The fraction of sp³-hybridized carbons (Fsp3) is 0.625. The minimum absolute atomic E-state index is 0.00805. The van der Waals surface area contributed by atoms with Gasteiger partial charge in [0.05, 0.1) is 0 Å². The first kappa shape index (κ1) is 11.1. The molecule has 0 aromatic rings. The molecule has 0 heterocycles. The van der Waals surface area contributed by atoms with E-state index < -0.39 is 12.1 Å². The van der Waals surface area contributed by atoms with Gasteiger partial charge in [0.1, 0.15) is 6.79 Å². The highest BCUT2D eigenvalue weighted by Crippen LogP contribution is 2.03. The maximum absolute atomic E-state index is 10.5. The Hall–Kier alpha value is -0.870. The first-order valence-corrected chi connectivity index (χ1v) is 3.66. The predicted octanol–water partition coefficient (Wildman–Crippen LogP) is 1.03. The summed E-state index contributed by atoms with van der Waals surface area (Å²) in [4.78, 5) is 10.5. The molecule has 0 aromatic heterocycles. The summed E-state index contributed by atoms with van der Waals surface area (Å²) in [5, 5.41) is 8.61. The Kier molecular flexibility index (Phi) is 6.32. The van der Waals surface area contributed by atoms with Crippen molar-refractivity contribution in [2.45, 2.75) is 18.9 Å². The first-order chi connectivity index (χ1) is 5.72. The van der Waals surface area contributed by atoms with Gasteiger partial charge in [-0.3, -0.25) is 0 Å². The largest absolute Gasteiger partial charge is 0.479 e. The third-order valence-corrected chi connectivity index (χ3v) is 1.30. The molecule has 4 heteroatoms.